The number of nitrogens with zero attached hydrogens (tertiary/aromatic N) is 5. The van der Waals surface area contributed by atoms with Gasteiger partial charge in [0, 0.05) is 33.7 Å². The van der Waals surface area contributed by atoms with E-state index in [0.29, 0.717) is 5.82 Å². The van der Waals surface area contributed by atoms with E-state index in [1.165, 1.54) is 11.6 Å². The van der Waals surface area contributed by atoms with Gasteiger partial charge in [0.1, 0.15) is 11.9 Å². The maximum absolute atomic E-state index is 12.2. The lowest BCUT2D eigenvalue weighted by Crippen LogP contribution is -2.43. The molecule has 0 amide bonds. The fourth-order valence-corrected chi connectivity index (χ4v) is 3.02. The fourth-order valence-electron chi connectivity index (χ4n) is 3.02. The van der Waals surface area contributed by atoms with Crippen LogP contribution in [0.3, 0.4) is 0 Å². The van der Waals surface area contributed by atoms with E-state index in [4.69, 9.17) is 0 Å². The summed E-state index contributed by atoms with van der Waals surface area (Å²) in [5, 5.41) is 9.36. The largest absolute Gasteiger partial charge is 0.355 e. The van der Waals surface area contributed by atoms with Gasteiger partial charge in [0.15, 0.2) is 5.56 Å². The van der Waals surface area contributed by atoms with E-state index >= 15 is 0 Å². The van der Waals surface area contributed by atoms with Crippen LogP contribution in [0.2, 0.25) is 0 Å². The summed E-state index contributed by atoms with van der Waals surface area (Å²) in [6, 6.07) is 1.98. The summed E-state index contributed by atoms with van der Waals surface area (Å²) < 4.78 is 2.40. The summed E-state index contributed by atoms with van der Waals surface area (Å²) in [7, 11) is 3.02. The topological polar surface area (TPSA) is 74.3 Å². The molecule has 0 bridgehead atoms. The summed E-state index contributed by atoms with van der Waals surface area (Å²) in [6.45, 7) is 6.55. The van der Waals surface area contributed by atoms with Gasteiger partial charge >= 0.3 is 5.69 Å². The SMILES string of the molecule is CCCN1CCCN(c2c(C#N)c(=O)n(C)c(=O)n2C)CC1. The molecule has 7 heteroatoms. The predicted molar refractivity (Wildman–Crippen MR) is 85.2 cm³/mol. The Balaban J connectivity index is 2.43. The van der Waals surface area contributed by atoms with Crippen molar-refractivity contribution < 1.29 is 0 Å². The van der Waals surface area contributed by atoms with Gasteiger partial charge in [-0.25, -0.2) is 4.79 Å². The van der Waals surface area contributed by atoms with Crippen molar-refractivity contribution in [2.24, 2.45) is 14.1 Å². The molecule has 0 unspecified atom stereocenters. The van der Waals surface area contributed by atoms with Crippen LogP contribution in [-0.2, 0) is 14.1 Å². The normalized spacial score (nSPS) is 16.4. The van der Waals surface area contributed by atoms with Gasteiger partial charge in [-0.15, -0.1) is 0 Å². The van der Waals surface area contributed by atoms with Crippen molar-refractivity contribution >= 4 is 5.82 Å². The Kier molecular flexibility index (Phi) is 5.03. The smallest absolute Gasteiger partial charge is 0.332 e. The molecule has 1 fully saturated rings. The van der Waals surface area contributed by atoms with Crippen molar-refractivity contribution in [3.8, 4) is 6.07 Å². The molecule has 0 aromatic carbocycles. The average Bonchev–Trinajstić information content (AvgIpc) is 2.74. The van der Waals surface area contributed by atoms with Gasteiger partial charge in [-0.1, -0.05) is 6.92 Å². The van der Waals surface area contributed by atoms with Gasteiger partial charge in [0.05, 0.1) is 0 Å². The minimum Gasteiger partial charge on any atom is -0.355 e. The third-order valence-electron chi connectivity index (χ3n) is 4.17. The predicted octanol–water partition coefficient (Wildman–Crippen LogP) is -0.122. The van der Waals surface area contributed by atoms with Crippen molar-refractivity contribution in [3.63, 3.8) is 0 Å². The van der Waals surface area contributed by atoms with E-state index in [1.54, 1.807) is 7.05 Å². The first-order valence-electron chi connectivity index (χ1n) is 7.68. The number of hydrogen-bond donors (Lipinski definition) is 0. The Bertz CT molecular complexity index is 698. The summed E-state index contributed by atoms with van der Waals surface area (Å²) in [4.78, 5) is 28.7. The molecule has 0 spiro atoms. The summed E-state index contributed by atoms with van der Waals surface area (Å²) in [5.74, 6) is 0.453. The molecular formula is C15H23N5O2. The van der Waals surface area contributed by atoms with Gasteiger partial charge in [0.25, 0.3) is 5.56 Å². The van der Waals surface area contributed by atoms with Crippen molar-refractivity contribution in [2.75, 3.05) is 37.6 Å². The second kappa shape index (κ2) is 6.79. The van der Waals surface area contributed by atoms with Crippen molar-refractivity contribution in [1.29, 1.82) is 5.26 Å². The van der Waals surface area contributed by atoms with E-state index in [0.717, 1.165) is 50.1 Å². The Morgan fingerprint density at radius 3 is 2.45 bits per heavy atom. The average molecular weight is 305 g/mol. The molecule has 1 saturated heterocycles. The monoisotopic (exact) mass is 305 g/mol. The van der Waals surface area contributed by atoms with E-state index in [-0.39, 0.29) is 5.56 Å². The lowest BCUT2D eigenvalue weighted by atomic mass is 10.2. The van der Waals surface area contributed by atoms with Crippen molar-refractivity contribution in [2.45, 2.75) is 19.8 Å². The molecule has 1 aliphatic heterocycles. The molecule has 1 aromatic rings. The molecule has 2 heterocycles. The fraction of sp³-hybridized carbons (Fsp3) is 0.667. The van der Waals surface area contributed by atoms with E-state index in [2.05, 4.69) is 11.8 Å². The van der Waals surface area contributed by atoms with Crippen molar-refractivity contribution in [3.05, 3.63) is 26.4 Å². The van der Waals surface area contributed by atoms with Gasteiger partial charge in [0.2, 0.25) is 0 Å². The molecule has 1 aliphatic rings. The van der Waals surface area contributed by atoms with Crippen LogP contribution in [0, 0.1) is 11.3 Å². The highest BCUT2D eigenvalue weighted by Crippen LogP contribution is 2.17. The Hall–Kier alpha value is -2.07. The summed E-state index contributed by atoms with van der Waals surface area (Å²) in [5.41, 5.74) is -0.863. The third-order valence-corrected chi connectivity index (χ3v) is 4.17. The number of aromatic nitrogens is 2. The Morgan fingerprint density at radius 2 is 1.82 bits per heavy atom. The number of anilines is 1. The first kappa shape index (κ1) is 16.3. The zero-order chi connectivity index (χ0) is 16.3. The molecule has 0 atom stereocenters. The molecule has 0 N–H and O–H groups in total. The lowest BCUT2D eigenvalue weighted by Gasteiger charge is -2.26. The molecule has 7 nitrogen and oxygen atoms in total. The summed E-state index contributed by atoms with van der Waals surface area (Å²) >= 11 is 0. The van der Waals surface area contributed by atoms with Crippen LogP contribution < -0.4 is 16.1 Å². The van der Waals surface area contributed by atoms with Crippen LogP contribution in [0.4, 0.5) is 5.82 Å². The molecule has 2 rings (SSSR count). The molecular weight excluding hydrogens is 282 g/mol. The van der Waals surface area contributed by atoms with Crippen LogP contribution in [0.1, 0.15) is 25.3 Å². The number of hydrogen-bond acceptors (Lipinski definition) is 5. The Labute approximate surface area is 130 Å². The third kappa shape index (κ3) is 2.92. The van der Waals surface area contributed by atoms with Crippen LogP contribution in [-0.4, -0.2) is 46.8 Å². The standard InChI is InChI=1S/C15H23N5O2/c1-4-6-19-7-5-8-20(10-9-19)13-12(11-16)14(21)18(3)15(22)17(13)2/h4-10H2,1-3H3. The highest BCUT2D eigenvalue weighted by Gasteiger charge is 2.23. The highest BCUT2D eigenvalue weighted by atomic mass is 16.2. The van der Waals surface area contributed by atoms with Gasteiger partial charge in [-0.3, -0.25) is 13.9 Å². The molecule has 1 aromatic heterocycles. The van der Waals surface area contributed by atoms with E-state index in [1.807, 2.05) is 11.0 Å². The quantitative estimate of drug-likeness (QED) is 0.778. The van der Waals surface area contributed by atoms with Crippen LogP contribution >= 0.6 is 0 Å². The minimum atomic E-state index is -0.518. The van der Waals surface area contributed by atoms with E-state index < -0.39 is 11.2 Å². The highest BCUT2D eigenvalue weighted by molar-refractivity contribution is 5.53. The zero-order valence-electron chi connectivity index (χ0n) is 13.5. The second-order valence-electron chi connectivity index (χ2n) is 5.70. The Morgan fingerprint density at radius 1 is 1.09 bits per heavy atom. The van der Waals surface area contributed by atoms with Gasteiger partial charge in [-0.05, 0) is 25.9 Å². The van der Waals surface area contributed by atoms with Crippen LogP contribution in [0.25, 0.3) is 0 Å². The molecule has 0 radical (unpaired) electrons. The van der Waals surface area contributed by atoms with Gasteiger partial charge < -0.3 is 9.80 Å². The molecule has 0 aliphatic carbocycles. The first-order valence-corrected chi connectivity index (χ1v) is 7.68. The maximum atomic E-state index is 12.2. The molecule has 22 heavy (non-hydrogen) atoms. The molecule has 120 valence electrons. The maximum Gasteiger partial charge on any atom is 0.332 e. The lowest BCUT2D eigenvalue weighted by molar-refractivity contribution is 0.294. The zero-order valence-corrected chi connectivity index (χ0v) is 13.5. The van der Waals surface area contributed by atoms with Crippen molar-refractivity contribution in [1.82, 2.24) is 14.0 Å². The van der Waals surface area contributed by atoms with Crippen LogP contribution in [0.15, 0.2) is 9.59 Å². The van der Waals surface area contributed by atoms with E-state index in [9.17, 15) is 14.9 Å². The van der Waals surface area contributed by atoms with Gasteiger partial charge in [-0.2, -0.15) is 5.26 Å². The minimum absolute atomic E-state index is 0.0496. The number of nitriles is 1. The first-order chi connectivity index (χ1) is 10.5. The second-order valence-corrected chi connectivity index (χ2v) is 5.70. The molecule has 0 saturated carbocycles. The summed E-state index contributed by atoms with van der Waals surface area (Å²) in [6.07, 6.45) is 2.06. The van der Waals surface area contributed by atoms with Crippen LogP contribution in [0.5, 0.6) is 0 Å². The number of rotatable bonds is 3.